The van der Waals surface area contributed by atoms with E-state index in [1.54, 1.807) is 0 Å². The first-order chi connectivity index (χ1) is 10.9. The van der Waals surface area contributed by atoms with Gasteiger partial charge in [-0.15, -0.1) is 0 Å². The second-order valence-electron chi connectivity index (χ2n) is 4.75. The van der Waals surface area contributed by atoms with Crippen LogP contribution < -0.4 is 0 Å². The molecule has 0 bridgehead atoms. The molecule has 1 aromatic carbocycles. The van der Waals surface area contributed by atoms with Gasteiger partial charge in [-0.1, -0.05) is 30.3 Å². The van der Waals surface area contributed by atoms with Gasteiger partial charge in [0.2, 0.25) is 0 Å². The summed E-state index contributed by atoms with van der Waals surface area (Å²) in [5.41, 5.74) is -16.8. The molecule has 1 rings (SSSR count). The van der Waals surface area contributed by atoms with Crippen LogP contribution in [0.25, 0.3) is 0 Å². The van der Waals surface area contributed by atoms with Gasteiger partial charge >= 0.3 is 30.1 Å². The minimum absolute atomic E-state index is 0. The molecule has 1 atom stereocenters. The van der Waals surface area contributed by atoms with Gasteiger partial charge in [0.05, 0.1) is 0 Å². The van der Waals surface area contributed by atoms with Crippen LogP contribution in [-0.2, 0) is 5.67 Å². The van der Waals surface area contributed by atoms with E-state index in [1.165, 1.54) is 0 Å². The molecule has 0 aliphatic rings. The Morgan fingerprint density at radius 3 is 1.12 bits per heavy atom. The van der Waals surface area contributed by atoms with Gasteiger partial charge in [-0.3, -0.25) is 0 Å². The van der Waals surface area contributed by atoms with Crippen LogP contribution in [0.2, 0.25) is 0 Å². The predicted octanol–water partition coefficient (Wildman–Crippen LogP) is 5.50. The maximum atomic E-state index is 14.2. The quantitative estimate of drug-likeness (QED) is 0.356. The van der Waals surface area contributed by atoms with Gasteiger partial charge in [0.25, 0.3) is 5.67 Å². The molecule has 1 aromatic rings. The fourth-order valence-electron chi connectivity index (χ4n) is 1.94. The van der Waals surface area contributed by atoms with E-state index in [0.717, 1.165) is 6.07 Å². The molecule has 0 nitrogen and oxygen atoms in total. The van der Waals surface area contributed by atoms with Crippen molar-refractivity contribution < 1.29 is 57.1 Å². The first-order valence-electron chi connectivity index (χ1n) is 5.87. The molecule has 0 saturated heterocycles. The summed E-state index contributed by atoms with van der Waals surface area (Å²) in [4.78, 5) is 0. The number of hydrogen-bond acceptors (Lipinski definition) is 0. The van der Waals surface area contributed by atoms with Crippen molar-refractivity contribution in [1.29, 1.82) is 0 Å². The molecule has 0 N–H and O–H groups in total. The van der Waals surface area contributed by atoms with Gasteiger partial charge < -0.3 is 0 Å². The Balaban J connectivity index is 0.00000625. The largest absolute Gasteiger partial charge is 0.437 e. The fraction of sp³-hybridized carbons (Fsp3) is 0.500. The van der Waals surface area contributed by atoms with Crippen molar-refractivity contribution in [2.45, 2.75) is 35.8 Å². The van der Waals surface area contributed by atoms with Crippen molar-refractivity contribution >= 4 is 48.9 Å². The van der Waals surface area contributed by atoms with Crippen LogP contribution in [0.3, 0.4) is 0 Å². The molecule has 0 aromatic heterocycles. The summed E-state index contributed by atoms with van der Waals surface area (Å²) in [7, 11) is 0. The molecule has 0 fully saturated rings. The average Bonchev–Trinajstić information content (AvgIpc) is 2.42. The van der Waals surface area contributed by atoms with Gasteiger partial charge in [0.15, 0.2) is 0 Å². The molecule has 1 unspecified atom stereocenters. The molecule has 0 amide bonds. The molecule has 0 spiro atoms. The molecular weight excluding hydrogens is 528 g/mol. The van der Waals surface area contributed by atoms with Crippen molar-refractivity contribution in [1.82, 2.24) is 0 Å². The fourth-order valence-corrected chi connectivity index (χ4v) is 1.94. The normalized spacial score (nSPS) is 16.7. The van der Waals surface area contributed by atoms with E-state index in [9.17, 15) is 57.1 Å². The smallest absolute Gasteiger partial charge is 0.221 e. The van der Waals surface area contributed by atoms with Crippen molar-refractivity contribution in [3.63, 3.8) is 0 Å². The van der Waals surface area contributed by atoms with E-state index in [0.29, 0.717) is 12.1 Å². The number of benzene rings is 1. The summed E-state index contributed by atoms with van der Waals surface area (Å²) in [6.07, 6.45) is -22.2. The van der Waals surface area contributed by atoms with Crippen molar-refractivity contribution in [2.75, 3.05) is 0 Å². The van der Waals surface area contributed by atoms with Crippen LogP contribution in [0.1, 0.15) is 5.56 Å². The Morgan fingerprint density at radius 2 is 0.846 bits per heavy atom. The third-order valence-electron chi connectivity index (χ3n) is 3.21. The predicted molar refractivity (Wildman–Crippen MR) is 61.9 cm³/mol. The number of hydrogen-bond donors (Lipinski definition) is 0. The van der Waals surface area contributed by atoms with Gasteiger partial charge in [-0.25, -0.2) is 8.78 Å². The molecule has 0 heterocycles. The zero-order valence-electron chi connectivity index (χ0n) is 12.0. The summed E-state index contributed by atoms with van der Waals surface area (Å²) in [6.45, 7) is 0. The molecule has 146 valence electrons. The topological polar surface area (TPSA) is 0 Å². The van der Waals surface area contributed by atoms with E-state index >= 15 is 0 Å². The minimum atomic E-state index is -7.81. The summed E-state index contributed by atoms with van der Waals surface area (Å²) in [5, 5.41) is 0. The van der Waals surface area contributed by atoms with Crippen LogP contribution in [0.15, 0.2) is 30.3 Å². The van der Waals surface area contributed by atoms with E-state index in [-0.39, 0.29) is 61.0 Å². The molecule has 0 saturated carbocycles. The Labute approximate surface area is 176 Å². The van der Waals surface area contributed by atoms with Gasteiger partial charge in [0.1, 0.15) is 0 Å². The summed E-state index contributed by atoms with van der Waals surface area (Å²) in [5.74, 6) is -7.64. The van der Waals surface area contributed by atoms with Crippen LogP contribution in [0, 0.1) is 0 Å². The Bertz CT molecular complexity index is 586. The van der Waals surface area contributed by atoms with Crippen LogP contribution >= 0.6 is 0 Å². The first-order valence-corrected chi connectivity index (χ1v) is 5.87. The Hall–Kier alpha value is -0.119. The van der Waals surface area contributed by atoms with E-state index in [1.807, 2.05) is 0 Å². The minimum Gasteiger partial charge on any atom is -0.221 e. The summed E-state index contributed by atoms with van der Waals surface area (Å²) >= 11 is 0. The Morgan fingerprint density at radius 1 is 0.500 bits per heavy atom. The zero-order chi connectivity index (χ0) is 20.1. The van der Waals surface area contributed by atoms with E-state index in [2.05, 4.69) is 0 Å². The maximum Gasteiger partial charge on any atom is 0.437 e. The second kappa shape index (κ2) is 7.37. The second-order valence-corrected chi connectivity index (χ2v) is 4.75. The standard InChI is InChI=1S/C12H5F13.Ba/c13-7(10(17,18)19,6-4-2-1-3-5-6)9(15,16)8(14,11(20,21)22)12(23,24)25;/h1-5H;. The number of alkyl halides is 13. The van der Waals surface area contributed by atoms with Gasteiger partial charge in [0, 0.05) is 54.4 Å². The SMILES string of the molecule is FC(F)(F)C(F)(c1ccccc1)C(F)(F)C(F)(C(F)(F)F)C(F)(F)F.[Ba]. The molecule has 2 radical (unpaired) electrons. The van der Waals surface area contributed by atoms with Crippen molar-refractivity contribution in [3.8, 4) is 0 Å². The Kier molecular flexibility index (Phi) is 7.34. The van der Waals surface area contributed by atoms with Gasteiger partial charge in [-0.2, -0.15) is 48.3 Å². The monoisotopic (exact) mass is 534 g/mol. The maximum absolute atomic E-state index is 14.2. The molecule has 0 aliphatic carbocycles. The number of rotatable bonds is 3. The molecule has 0 aliphatic heterocycles. The third kappa shape index (κ3) is 3.61. The first kappa shape index (κ1) is 25.9. The summed E-state index contributed by atoms with van der Waals surface area (Å²) < 4.78 is 168. The number of halogens is 13. The van der Waals surface area contributed by atoms with Crippen LogP contribution in [0.5, 0.6) is 0 Å². The average molecular weight is 533 g/mol. The van der Waals surface area contributed by atoms with Crippen molar-refractivity contribution in [2.24, 2.45) is 0 Å². The molecular formula is C12H5BaF13. The van der Waals surface area contributed by atoms with E-state index < -0.39 is 41.4 Å². The summed E-state index contributed by atoms with van der Waals surface area (Å²) in [6, 6.07) is 1.40. The zero-order valence-corrected chi connectivity index (χ0v) is 16.4. The molecule has 14 heteroatoms. The van der Waals surface area contributed by atoms with Crippen molar-refractivity contribution in [3.05, 3.63) is 35.9 Å². The van der Waals surface area contributed by atoms with Crippen LogP contribution in [-0.4, -0.2) is 79.0 Å². The molecule has 26 heavy (non-hydrogen) atoms. The van der Waals surface area contributed by atoms with Gasteiger partial charge in [-0.05, 0) is 0 Å². The van der Waals surface area contributed by atoms with Crippen LogP contribution in [0.4, 0.5) is 57.1 Å². The van der Waals surface area contributed by atoms with E-state index in [4.69, 9.17) is 0 Å². The third-order valence-corrected chi connectivity index (χ3v) is 3.21.